The summed E-state index contributed by atoms with van der Waals surface area (Å²) in [6.07, 6.45) is 0.719. The van der Waals surface area contributed by atoms with Gasteiger partial charge >= 0.3 is 0 Å². The lowest BCUT2D eigenvalue weighted by Crippen LogP contribution is -2.29. The van der Waals surface area contributed by atoms with Crippen LogP contribution in [0.5, 0.6) is 5.75 Å². The number of carbonyl (C=O) groups excluding carboxylic acids is 2. The van der Waals surface area contributed by atoms with Gasteiger partial charge in [-0.1, -0.05) is 18.2 Å². The maximum absolute atomic E-state index is 13.7. The van der Waals surface area contributed by atoms with Crippen molar-refractivity contribution in [2.75, 3.05) is 4.90 Å². The SMILES string of the molecule is Cc1cc(C)cc(N2C(=O)C(=O)/C(=C(\O)c3ccc4c(c3)CC(C)O4)C2c2ccc(F)cc2)c1. The number of ketones is 1. The Balaban J connectivity index is 1.70. The molecule has 0 aromatic heterocycles. The van der Waals surface area contributed by atoms with E-state index in [9.17, 15) is 19.1 Å². The lowest BCUT2D eigenvalue weighted by atomic mass is 9.94. The van der Waals surface area contributed by atoms with E-state index in [4.69, 9.17) is 4.74 Å². The molecule has 0 bridgehead atoms. The minimum atomic E-state index is -0.898. The molecule has 5 nitrogen and oxygen atoms in total. The summed E-state index contributed by atoms with van der Waals surface area (Å²) in [5.41, 5.74) is 4.27. The summed E-state index contributed by atoms with van der Waals surface area (Å²) >= 11 is 0. The molecule has 2 unspecified atom stereocenters. The number of amides is 1. The third kappa shape index (κ3) is 3.65. The number of rotatable bonds is 3. The number of aryl methyl sites for hydroxylation is 2. The second-order valence-electron chi connectivity index (χ2n) is 9.02. The molecule has 1 N–H and O–H groups in total. The molecule has 0 radical (unpaired) electrons. The molecule has 5 rings (SSSR count). The minimum Gasteiger partial charge on any atom is -0.507 e. The van der Waals surface area contributed by atoms with Gasteiger partial charge in [-0.25, -0.2) is 4.39 Å². The number of Topliss-reactive ketones (excluding diaryl/α,β-unsaturated/α-hetero) is 1. The van der Waals surface area contributed by atoms with E-state index in [1.54, 1.807) is 18.2 Å². The van der Waals surface area contributed by atoms with Crippen LogP contribution in [-0.2, 0) is 16.0 Å². The molecule has 3 aromatic rings. The average molecular weight is 458 g/mol. The largest absolute Gasteiger partial charge is 0.507 e. The van der Waals surface area contributed by atoms with Crippen LogP contribution in [0.1, 0.15) is 40.8 Å². The maximum Gasteiger partial charge on any atom is 0.300 e. The molecular weight excluding hydrogens is 433 g/mol. The average Bonchev–Trinajstić information content (AvgIpc) is 3.29. The van der Waals surface area contributed by atoms with Crippen LogP contribution < -0.4 is 9.64 Å². The summed E-state index contributed by atoms with van der Waals surface area (Å²) in [7, 11) is 0. The highest BCUT2D eigenvalue weighted by Gasteiger charge is 2.47. The fourth-order valence-corrected chi connectivity index (χ4v) is 4.87. The Morgan fingerprint density at radius 1 is 1.00 bits per heavy atom. The number of halogens is 1. The summed E-state index contributed by atoms with van der Waals surface area (Å²) in [5.74, 6) is -1.47. The van der Waals surface area contributed by atoms with Crippen LogP contribution in [0.25, 0.3) is 5.76 Å². The van der Waals surface area contributed by atoms with Crippen molar-refractivity contribution in [2.24, 2.45) is 0 Å². The number of ether oxygens (including phenoxy) is 1. The number of benzene rings is 3. The number of nitrogens with zero attached hydrogens (tertiary/aromatic N) is 1. The summed E-state index contributed by atoms with van der Waals surface area (Å²) in [5, 5.41) is 11.3. The molecule has 2 aliphatic rings. The first-order valence-electron chi connectivity index (χ1n) is 11.2. The van der Waals surface area contributed by atoms with Crippen molar-refractivity contribution in [3.05, 3.63) is 99.9 Å². The van der Waals surface area contributed by atoms with Gasteiger partial charge in [-0.3, -0.25) is 14.5 Å². The Morgan fingerprint density at radius 3 is 2.35 bits per heavy atom. The van der Waals surface area contributed by atoms with Crippen LogP contribution in [0.3, 0.4) is 0 Å². The van der Waals surface area contributed by atoms with Crippen LogP contribution in [0.4, 0.5) is 10.1 Å². The van der Waals surface area contributed by atoms with Crippen LogP contribution in [0, 0.1) is 19.7 Å². The van der Waals surface area contributed by atoms with E-state index >= 15 is 0 Å². The normalized spacial score (nSPS) is 21.0. The molecule has 0 aliphatic carbocycles. The van der Waals surface area contributed by atoms with E-state index < -0.39 is 23.5 Å². The molecular formula is C28H24FNO4. The third-order valence-corrected chi connectivity index (χ3v) is 6.28. The fraction of sp³-hybridized carbons (Fsp3) is 0.214. The second kappa shape index (κ2) is 8.13. The Hall–Kier alpha value is -3.93. The first kappa shape index (κ1) is 21.9. The molecule has 2 atom stereocenters. The molecule has 6 heteroatoms. The minimum absolute atomic E-state index is 0.0253. The van der Waals surface area contributed by atoms with Gasteiger partial charge in [0.15, 0.2) is 0 Å². The third-order valence-electron chi connectivity index (χ3n) is 6.28. The highest BCUT2D eigenvalue weighted by Crippen LogP contribution is 2.43. The summed E-state index contributed by atoms with van der Waals surface area (Å²) < 4.78 is 19.5. The topological polar surface area (TPSA) is 66.8 Å². The molecule has 2 heterocycles. The number of hydrogen-bond acceptors (Lipinski definition) is 4. The maximum atomic E-state index is 13.7. The zero-order chi connectivity index (χ0) is 24.1. The molecule has 34 heavy (non-hydrogen) atoms. The molecule has 1 fully saturated rings. The van der Waals surface area contributed by atoms with Gasteiger partial charge in [0.25, 0.3) is 11.7 Å². The molecule has 2 aliphatic heterocycles. The predicted molar refractivity (Wildman–Crippen MR) is 127 cm³/mol. The highest BCUT2D eigenvalue weighted by atomic mass is 19.1. The monoisotopic (exact) mass is 457 g/mol. The van der Waals surface area contributed by atoms with Gasteiger partial charge < -0.3 is 9.84 Å². The van der Waals surface area contributed by atoms with Gasteiger partial charge in [-0.2, -0.15) is 0 Å². The quantitative estimate of drug-likeness (QED) is 0.325. The number of anilines is 1. The van der Waals surface area contributed by atoms with Crippen LogP contribution in [0.2, 0.25) is 0 Å². The zero-order valence-electron chi connectivity index (χ0n) is 19.1. The van der Waals surface area contributed by atoms with Gasteiger partial charge in [-0.15, -0.1) is 0 Å². The van der Waals surface area contributed by atoms with Gasteiger partial charge in [0.1, 0.15) is 23.4 Å². The van der Waals surface area contributed by atoms with Crippen LogP contribution >= 0.6 is 0 Å². The lowest BCUT2D eigenvalue weighted by molar-refractivity contribution is -0.132. The number of fused-ring (bicyclic) bond motifs is 1. The van der Waals surface area contributed by atoms with E-state index in [1.165, 1.54) is 29.2 Å². The fourth-order valence-electron chi connectivity index (χ4n) is 4.87. The second-order valence-corrected chi connectivity index (χ2v) is 9.02. The number of aliphatic hydroxyl groups is 1. The van der Waals surface area contributed by atoms with Gasteiger partial charge in [-0.05, 0) is 85.5 Å². The molecule has 0 saturated carbocycles. The van der Waals surface area contributed by atoms with Crippen LogP contribution in [0.15, 0.2) is 66.2 Å². The van der Waals surface area contributed by atoms with Crippen LogP contribution in [-0.4, -0.2) is 22.9 Å². The Kier molecular flexibility index (Phi) is 5.24. The number of hydrogen-bond donors (Lipinski definition) is 1. The van der Waals surface area contributed by atoms with Gasteiger partial charge in [0, 0.05) is 17.7 Å². The van der Waals surface area contributed by atoms with Crippen molar-refractivity contribution < 1.29 is 23.8 Å². The molecule has 1 amide bonds. The first-order chi connectivity index (χ1) is 16.2. The summed E-state index contributed by atoms with van der Waals surface area (Å²) in [6, 6.07) is 15.6. The van der Waals surface area contributed by atoms with Crippen molar-refractivity contribution in [3.63, 3.8) is 0 Å². The van der Waals surface area contributed by atoms with E-state index in [-0.39, 0.29) is 17.4 Å². The van der Waals surface area contributed by atoms with Crippen molar-refractivity contribution >= 4 is 23.1 Å². The lowest BCUT2D eigenvalue weighted by Gasteiger charge is -2.26. The van der Waals surface area contributed by atoms with Crippen molar-refractivity contribution in [3.8, 4) is 5.75 Å². The summed E-state index contributed by atoms with van der Waals surface area (Å²) in [6.45, 7) is 5.78. The molecule has 1 saturated heterocycles. The number of aliphatic hydroxyl groups excluding tert-OH is 1. The smallest absolute Gasteiger partial charge is 0.300 e. The Morgan fingerprint density at radius 2 is 1.68 bits per heavy atom. The van der Waals surface area contributed by atoms with Gasteiger partial charge in [0.05, 0.1) is 11.6 Å². The van der Waals surface area contributed by atoms with Gasteiger partial charge in [0.2, 0.25) is 0 Å². The number of carbonyl (C=O) groups is 2. The van der Waals surface area contributed by atoms with Crippen molar-refractivity contribution in [1.82, 2.24) is 0 Å². The first-order valence-corrected chi connectivity index (χ1v) is 11.2. The van der Waals surface area contributed by atoms with Crippen molar-refractivity contribution in [2.45, 2.75) is 39.3 Å². The Labute approximate surface area is 197 Å². The van der Waals surface area contributed by atoms with E-state index in [0.717, 1.165) is 22.4 Å². The predicted octanol–water partition coefficient (Wildman–Crippen LogP) is 5.39. The Bertz CT molecular complexity index is 1340. The van der Waals surface area contributed by atoms with E-state index in [0.29, 0.717) is 23.2 Å². The summed E-state index contributed by atoms with van der Waals surface area (Å²) in [4.78, 5) is 28.0. The van der Waals surface area contributed by atoms with E-state index in [2.05, 4.69) is 0 Å². The zero-order valence-corrected chi connectivity index (χ0v) is 19.1. The highest BCUT2D eigenvalue weighted by molar-refractivity contribution is 6.51. The van der Waals surface area contributed by atoms with Crippen molar-refractivity contribution in [1.29, 1.82) is 0 Å². The molecule has 172 valence electrons. The molecule has 0 spiro atoms. The standard InChI is InChI=1S/C28H24FNO4/c1-15-10-16(2)12-22(11-15)30-25(18-4-7-21(29)8-5-18)24(27(32)28(30)33)26(31)19-6-9-23-20(14-19)13-17(3)34-23/h4-12,14,17,25,31H,13H2,1-3H3/b26-24-. The molecule has 3 aromatic carbocycles. The van der Waals surface area contributed by atoms with E-state index in [1.807, 2.05) is 39.0 Å².